The second-order valence-corrected chi connectivity index (χ2v) is 4.75. The summed E-state index contributed by atoms with van der Waals surface area (Å²) >= 11 is 0. The number of imidazole rings is 1. The molecule has 0 saturated carbocycles. The summed E-state index contributed by atoms with van der Waals surface area (Å²) in [6.07, 6.45) is 0. The standard InChI is InChI=1S/C13H19N3/c1-9(2)8-16-12-7-5-4-6-11(12)15-13(16)10(3)14/h4-7,9-10H,8,14H2,1-3H3/t10-/m1/s1. The first-order valence-electron chi connectivity index (χ1n) is 5.80. The fourth-order valence-electron chi connectivity index (χ4n) is 2.00. The highest BCUT2D eigenvalue weighted by Crippen LogP contribution is 2.20. The van der Waals surface area contributed by atoms with Crippen LogP contribution in [0.5, 0.6) is 0 Å². The summed E-state index contributed by atoms with van der Waals surface area (Å²) < 4.78 is 2.24. The zero-order valence-electron chi connectivity index (χ0n) is 10.1. The monoisotopic (exact) mass is 217 g/mol. The van der Waals surface area contributed by atoms with E-state index >= 15 is 0 Å². The molecule has 2 rings (SSSR count). The van der Waals surface area contributed by atoms with Crippen LogP contribution in [0.25, 0.3) is 11.0 Å². The van der Waals surface area contributed by atoms with Crippen molar-refractivity contribution in [3.8, 4) is 0 Å². The first-order chi connectivity index (χ1) is 7.59. The van der Waals surface area contributed by atoms with Gasteiger partial charge in [-0.3, -0.25) is 0 Å². The number of para-hydroxylation sites is 2. The smallest absolute Gasteiger partial charge is 0.126 e. The van der Waals surface area contributed by atoms with Gasteiger partial charge in [0.15, 0.2) is 0 Å². The number of hydrogen-bond donors (Lipinski definition) is 1. The Morgan fingerprint density at radius 1 is 1.25 bits per heavy atom. The lowest BCUT2D eigenvalue weighted by Gasteiger charge is -2.13. The van der Waals surface area contributed by atoms with Crippen molar-refractivity contribution in [2.24, 2.45) is 11.7 Å². The highest BCUT2D eigenvalue weighted by atomic mass is 15.1. The first kappa shape index (κ1) is 11.1. The maximum atomic E-state index is 5.97. The molecule has 1 atom stereocenters. The number of aromatic nitrogens is 2. The molecule has 0 fully saturated rings. The van der Waals surface area contributed by atoms with Gasteiger partial charge in [0.05, 0.1) is 17.1 Å². The van der Waals surface area contributed by atoms with Crippen LogP contribution in [0.1, 0.15) is 32.6 Å². The third kappa shape index (κ3) is 1.95. The summed E-state index contributed by atoms with van der Waals surface area (Å²) in [5, 5.41) is 0. The van der Waals surface area contributed by atoms with Crippen LogP contribution in [-0.2, 0) is 6.54 Å². The normalized spacial score (nSPS) is 13.6. The summed E-state index contributed by atoms with van der Waals surface area (Å²) in [4.78, 5) is 4.60. The fourth-order valence-corrected chi connectivity index (χ4v) is 2.00. The van der Waals surface area contributed by atoms with E-state index in [-0.39, 0.29) is 6.04 Å². The number of fused-ring (bicyclic) bond motifs is 1. The van der Waals surface area contributed by atoms with E-state index in [1.807, 2.05) is 25.1 Å². The van der Waals surface area contributed by atoms with Gasteiger partial charge in [-0.05, 0) is 25.0 Å². The van der Waals surface area contributed by atoms with Gasteiger partial charge in [-0.15, -0.1) is 0 Å². The van der Waals surface area contributed by atoms with Crippen LogP contribution in [0.15, 0.2) is 24.3 Å². The molecule has 0 bridgehead atoms. The molecule has 2 N–H and O–H groups in total. The zero-order valence-corrected chi connectivity index (χ0v) is 10.1. The topological polar surface area (TPSA) is 43.8 Å². The molecule has 0 aliphatic carbocycles. The number of rotatable bonds is 3. The van der Waals surface area contributed by atoms with Gasteiger partial charge in [0.25, 0.3) is 0 Å². The third-order valence-corrected chi connectivity index (χ3v) is 2.64. The Labute approximate surface area is 96.3 Å². The molecule has 0 unspecified atom stereocenters. The molecule has 3 heteroatoms. The number of nitrogens with two attached hydrogens (primary N) is 1. The number of hydrogen-bond acceptors (Lipinski definition) is 2. The Kier molecular flexibility index (Phi) is 2.97. The molecule has 0 radical (unpaired) electrons. The molecular weight excluding hydrogens is 198 g/mol. The minimum absolute atomic E-state index is 0.0221. The number of nitrogens with zero attached hydrogens (tertiary/aromatic N) is 2. The highest BCUT2D eigenvalue weighted by molar-refractivity contribution is 5.76. The summed E-state index contributed by atoms with van der Waals surface area (Å²) in [5.74, 6) is 1.57. The van der Waals surface area contributed by atoms with E-state index in [2.05, 4.69) is 29.5 Å². The summed E-state index contributed by atoms with van der Waals surface area (Å²) in [6.45, 7) is 7.37. The van der Waals surface area contributed by atoms with Crippen molar-refractivity contribution in [1.82, 2.24) is 9.55 Å². The van der Waals surface area contributed by atoms with E-state index < -0.39 is 0 Å². The molecule has 0 saturated heterocycles. The van der Waals surface area contributed by atoms with E-state index in [1.54, 1.807) is 0 Å². The van der Waals surface area contributed by atoms with Crippen LogP contribution in [0, 0.1) is 5.92 Å². The maximum absolute atomic E-state index is 5.97. The Morgan fingerprint density at radius 2 is 1.94 bits per heavy atom. The van der Waals surface area contributed by atoms with Crippen LogP contribution in [0.2, 0.25) is 0 Å². The van der Waals surface area contributed by atoms with Crippen molar-refractivity contribution in [1.29, 1.82) is 0 Å². The summed E-state index contributed by atoms with van der Waals surface area (Å²) in [5.41, 5.74) is 8.19. The van der Waals surface area contributed by atoms with Crippen molar-refractivity contribution in [3.63, 3.8) is 0 Å². The van der Waals surface area contributed by atoms with Gasteiger partial charge in [-0.2, -0.15) is 0 Å². The second-order valence-electron chi connectivity index (χ2n) is 4.75. The average Bonchev–Trinajstić information content (AvgIpc) is 2.57. The first-order valence-corrected chi connectivity index (χ1v) is 5.80. The van der Waals surface area contributed by atoms with Gasteiger partial charge in [0.1, 0.15) is 5.82 Å². The molecule has 0 amide bonds. The van der Waals surface area contributed by atoms with Crippen molar-refractivity contribution >= 4 is 11.0 Å². The molecule has 2 aromatic rings. The van der Waals surface area contributed by atoms with Crippen molar-refractivity contribution in [3.05, 3.63) is 30.1 Å². The lowest BCUT2D eigenvalue weighted by molar-refractivity contribution is 0.505. The predicted octanol–water partition coefficient (Wildman–Crippen LogP) is 2.71. The Hall–Kier alpha value is -1.35. The second kappa shape index (κ2) is 4.26. The van der Waals surface area contributed by atoms with E-state index in [4.69, 9.17) is 5.73 Å². The van der Waals surface area contributed by atoms with Crippen LogP contribution < -0.4 is 5.73 Å². The summed E-state index contributed by atoms with van der Waals surface area (Å²) in [6, 6.07) is 8.19. The lowest BCUT2D eigenvalue weighted by atomic mass is 10.2. The fraction of sp³-hybridized carbons (Fsp3) is 0.462. The molecular formula is C13H19N3. The molecule has 0 aliphatic rings. The molecule has 3 nitrogen and oxygen atoms in total. The Bertz CT molecular complexity index is 483. The van der Waals surface area contributed by atoms with E-state index in [9.17, 15) is 0 Å². The largest absolute Gasteiger partial charge is 0.326 e. The van der Waals surface area contributed by atoms with Gasteiger partial charge >= 0.3 is 0 Å². The minimum Gasteiger partial charge on any atom is -0.326 e. The van der Waals surface area contributed by atoms with Crippen LogP contribution in [0.4, 0.5) is 0 Å². The van der Waals surface area contributed by atoms with E-state index in [0.717, 1.165) is 17.9 Å². The molecule has 16 heavy (non-hydrogen) atoms. The van der Waals surface area contributed by atoms with Crippen molar-refractivity contribution < 1.29 is 0 Å². The Morgan fingerprint density at radius 3 is 2.56 bits per heavy atom. The van der Waals surface area contributed by atoms with E-state index in [0.29, 0.717) is 5.92 Å². The number of benzene rings is 1. The Balaban J connectivity index is 2.60. The van der Waals surface area contributed by atoms with Gasteiger partial charge in [0.2, 0.25) is 0 Å². The lowest BCUT2D eigenvalue weighted by Crippen LogP contribution is -2.15. The van der Waals surface area contributed by atoms with Gasteiger partial charge < -0.3 is 10.3 Å². The van der Waals surface area contributed by atoms with Gasteiger partial charge in [-0.1, -0.05) is 26.0 Å². The molecule has 0 aliphatic heterocycles. The maximum Gasteiger partial charge on any atom is 0.126 e. The summed E-state index contributed by atoms with van der Waals surface area (Å²) in [7, 11) is 0. The van der Waals surface area contributed by atoms with Gasteiger partial charge in [-0.25, -0.2) is 4.98 Å². The zero-order chi connectivity index (χ0) is 11.7. The minimum atomic E-state index is -0.0221. The van der Waals surface area contributed by atoms with Crippen molar-refractivity contribution in [2.45, 2.75) is 33.4 Å². The van der Waals surface area contributed by atoms with Gasteiger partial charge in [0, 0.05) is 6.54 Å². The molecule has 1 aromatic carbocycles. The van der Waals surface area contributed by atoms with E-state index in [1.165, 1.54) is 5.52 Å². The highest BCUT2D eigenvalue weighted by Gasteiger charge is 2.13. The van der Waals surface area contributed by atoms with Crippen molar-refractivity contribution in [2.75, 3.05) is 0 Å². The van der Waals surface area contributed by atoms with Crippen LogP contribution >= 0.6 is 0 Å². The SMILES string of the molecule is CC(C)Cn1c([C@@H](C)N)nc2ccccc21. The average molecular weight is 217 g/mol. The predicted molar refractivity (Wildman–Crippen MR) is 67.2 cm³/mol. The quantitative estimate of drug-likeness (QED) is 0.859. The molecule has 86 valence electrons. The molecule has 1 aromatic heterocycles. The van der Waals surface area contributed by atoms with Crippen LogP contribution in [0.3, 0.4) is 0 Å². The molecule has 0 spiro atoms. The molecule has 1 heterocycles. The van der Waals surface area contributed by atoms with Crippen LogP contribution in [-0.4, -0.2) is 9.55 Å². The third-order valence-electron chi connectivity index (χ3n) is 2.64.